The zero-order valence-electron chi connectivity index (χ0n) is 6.76. The van der Waals surface area contributed by atoms with Gasteiger partial charge in [0.1, 0.15) is 0 Å². The number of aliphatic hydroxyl groups is 1. The molecule has 0 rings (SSSR count). The zero-order valence-corrected chi connectivity index (χ0v) is 6.76. The third-order valence-corrected chi connectivity index (χ3v) is 1.16. The summed E-state index contributed by atoms with van der Waals surface area (Å²) < 4.78 is 5.16. The second kappa shape index (κ2) is 4.47. The van der Waals surface area contributed by atoms with Gasteiger partial charge in [0, 0.05) is 5.41 Å². The SMILES string of the molecule is C=CCOCC(C)(C)CO. The minimum atomic E-state index is -0.122. The molecule has 0 unspecified atom stereocenters. The lowest BCUT2D eigenvalue weighted by atomic mass is 9.97. The molecule has 0 amide bonds. The Hall–Kier alpha value is -0.340. The smallest absolute Gasteiger partial charge is 0.0645 e. The van der Waals surface area contributed by atoms with E-state index >= 15 is 0 Å². The van der Waals surface area contributed by atoms with Crippen molar-refractivity contribution in [3.63, 3.8) is 0 Å². The lowest BCUT2D eigenvalue weighted by Gasteiger charge is -2.20. The molecular weight excluding hydrogens is 128 g/mol. The molecule has 0 aromatic rings. The summed E-state index contributed by atoms with van der Waals surface area (Å²) in [5, 5.41) is 8.79. The quantitative estimate of drug-likeness (QED) is 0.464. The highest BCUT2D eigenvalue weighted by atomic mass is 16.5. The summed E-state index contributed by atoms with van der Waals surface area (Å²) >= 11 is 0. The van der Waals surface area contributed by atoms with Crippen LogP contribution in [0.1, 0.15) is 13.8 Å². The van der Waals surface area contributed by atoms with E-state index in [1.165, 1.54) is 0 Å². The summed E-state index contributed by atoms with van der Waals surface area (Å²) in [4.78, 5) is 0. The van der Waals surface area contributed by atoms with E-state index in [9.17, 15) is 0 Å². The maximum absolute atomic E-state index is 8.79. The molecule has 2 nitrogen and oxygen atoms in total. The molecule has 0 fully saturated rings. The van der Waals surface area contributed by atoms with Gasteiger partial charge >= 0.3 is 0 Å². The van der Waals surface area contributed by atoms with Crippen LogP contribution in [0.3, 0.4) is 0 Å². The fraction of sp³-hybridized carbons (Fsp3) is 0.750. The monoisotopic (exact) mass is 144 g/mol. The molecule has 0 spiro atoms. The Balaban J connectivity index is 3.36. The summed E-state index contributed by atoms with van der Waals surface area (Å²) in [5.41, 5.74) is -0.122. The summed E-state index contributed by atoms with van der Waals surface area (Å²) in [5.74, 6) is 0. The molecule has 0 radical (unpaired) electrons. The van der Waals surface area contributed by atoms with Gasteiger partial charge in [0.2, 0.25) is 0 Å². The van der Waals surface area contributed by atoms with Crippen LogP contribution in [0.2, 0.25) is 0 Å². The van der Waals surface area contributed by atoms with Crippen molar-refractivity contribution < 1.29 is 9.84 Å². The molecule has 1 N–H and O–H groups in total. The van der Waals surface area contributed by atoms with Gasteiger partial charge in [-0.2, -0.15) is 0 Å². The average Bonchev–Trinajstić information content (AvgIpc) is 1.89. The predicted molar refractivity (Wildman–Crippen MR) is 41.9 cm³/mol. The first-order valence-corrected chi connectivity index (χ1v) is 3.42. The van der Waals surface area contributed by atoms with E-state index in [2.05, 4.69) is 6.58 Å². The van der Waals surface area contributed by atoms with E-state index in [4.69, 9.17) is 9.84 Å². The molecule has 0 aliphatic heterocycles. The van der Waals surface area contributed by atoms with Gasteiger partial charge in [-0.3, -0.25) is 0 Å². The fourth-order valence-electron chi connectivity index (χ4n) is 0.464. The number of hydrogen-bond acceptors (Lipinski definition) is 2. The van der Waals surface area contributed by atoms with E-state index < -0.39 is 0 Å². The Kier molecular flexibility index (Phi) is 4.32. The molecule has 0 atom stereocenters. The van der Waals surface area contributed by atoms with Gasteiger partial charge in [-0.15, -0.1) is 6.58 Å². The first-order valence-electron chi connectivity index (χ1n) is 3.42. The van der Waals surface area contributed by atoms with Crippen LogP contribution in [0.15, 0.2) is 12.7 Å². The van der Waals surface area contributed by atoms with Crippen molar-refractivity contribution >= 4 is 0 Å². The van der Waals surface area contributed by atoms with Gasteiger partial charge in [0.25, 0.3) is 0 Å². The van der Waals surface area contributed by atoms with E-state index in [-0.39, 0.29) is 12.0 Å². The standard InChI is InChI=1S/C8H16O2/c1-4-5-10-7-8(2,3)6-9/h4,9H,1,5-7H2,2-3H3. The van der Waals surface area contributed by atoms with Crippen molar-refractivity contribution in [1.29, 1.82) is 0 Å². The van der Waals surface area contributed by atoms with Crippen LogP contribution in [0.5, 0.6) is 0 Å². The highest BCUT2D eigenvalue weighted by Crippen LogP contribution is 2.13. The molecular formula is C8H16O2. The minimum absolute atomic E-state index is 0.122. The van der Waals surface area contributed by atoms with Crippen molar-refractivity contribution in [3.8, 4) is 0 Å². The number of ether oxygens (including phenoxy) is 1. The molecule has 60 valence electrons. The number of aliphatic hydroxyl groups excluding tert-OH is 1. The second-order valence-corrected chi connectivity index (χ2v) is 3.13. The first-order chi connectivity index (χ1) is 4.62. The van der Waals surface area contributed by atoms with E-state index in [0.717, 1.165) is 0 Å². The van der Waals surface area contributed by atoms with Crippen LogP contribution in [0.4, 0.5) is 0 Å². The van der Waals surface area contributed by atoms with Crippen molar-refractivity contribution in [1.82, 2.24) is 0 Å². The van der Waals surface area contributed by atoms with Crippen molar-refractivity contribution in [2.24, 2.45) is 5.41 Å². The Morgan fingerprint density at radius 1 is 1.60 bits per heavy atom. The average molecular weight is 144 g/mol. The van der Waals surface area contributed by atoms with Gasteiger partial charge in [0.15, 0.2) is 0 Å². The predicted octanol–water partition coefficient (Wildman–Crippen LogP) is 1.21. The summed E-state index contributed by atoms with van der Waals surface area (Å²) in [6.07, 6.45) is 1.70. The molecule has 0 saturated carbocycles. The maximum Gasteiger partial charge on any atom is 0.0645 e. The normalized spacial score (nSPS) is 11.5. The number of rotatable bonds is 5. The van der Waals surface area contributed by atoms with Crippen molar-refractivity contribution in [3.05, 3.63) is 12.7 Å². The van der Waals surface area contributed by atoms with Gasteiger partial charge in [-0.1, -0.05) is 19.9 Å². The lowest BCUT2D eigenvalue weighted by molar-refractivity contribution is 0.0405. The van der Waals surface area contributed by atoms with E-state index in [1.807, 2.05) is 13.8 Å². The molecule has 0 aliphatic rings. The molecule has 0 heterocycles. The molecule has 10 heavy (non-hydrogen) atoms. The topological polar surface area (TPSA) is 29.5 Å². The highest BCUT2D eigenvalue weighted by molar-refractivity contribution is 4.68. The van der Waals surface area contributed by atoms with Gasteiger partial charge < -0.3 is 9.84 Å². The van der Waals surface area contributed by atoms with E-state index in [1.54, 1.807) is 6.08 Å². The zero-order chi connectivity index (χ0) is 8.04. The molecule has 0 saturated heterocycles. The van der Waals surface area contributed by atoms with Crippen LogP contribution in [-0.4, -0.2) is 24.9 Å². The second-order valence-electron chi connectivity index (χ2n) is 3.13. The van der Waals surface area contributed by atoms with Crippen LogP contribution in [0.25, 0.3) is 0 Å². The molecule has 2 heteroatoms. The van der Waals surface area contributed by atoms with E-state index in [0.29, 0.717) is 13.2 Å². The summed E-state index contributed by atoms with van der Waals surface area (Å²) in [6, 6.07) is 0. The van der Waals surface area contributed by atoms with Gasteiger partial charge in [-0.05, 0) is 0 Å². The van der Waals surface area contributed by atoms with Crippen molar-refractivity contribution in [2.45, 2.75) is 13.8 Å². The van der Waals surface area contributed by atoms with Gasteiger partial charge in [0.05, 0.1) is 19.8 Å². The van der Waals surface area contributed by atoms with Crippen LogP contribution in [-0.2, 0) is 4.74 Å². The van der Waals surface area contributed by atoms with Gasteiger partial charge in [-0.25, -0.2) is 0 Å². The van der Waals surface area contributed by atoms with Crippen LogP contribution >= 0.6 is 0 Å². The largest absolute Gasteiger partial charge is 0.396 e. The Morgan fingerprint density at radius 3 is 2.60 bits per heavy atom. The maximum atomic E-state index is 8.79. The Morgan fingerprint density at radius 2 is 2.20 bits per heavy atom. The highest BCUT2D eigenvalue weighted by Gasteiger charge is 2.15. The third kappa shape index (κ3) is 4.53. The fourth-order valence-corrected chi connectivity index (χ4v) is 0.464. The molecule has 0 bridgehead atoms. The molecule has 0 aromatic heterocycles. The first kappa shape index (κ1) is 9.66. The Labute approximate surface area is 62.5 Å². The van der Waals surface area contributed by atoms with Crippen LogP contribution < -0.4 is 0 Å². The summed E-state index contributed by atoms with van der Waals surface area (Å²) in [7, 11) is 0. The van der Waals surface area contributed by atoms with Crippen LogP contribution in [0, 0.1) is 5.41 Å². The lowest BCUT2D eigenvalue weighted by Crippen LogP contribution is -2.23. The Bertz CT molecular complexity index is 97.4. The third-order valence-electron chi connectivity index (χ3n) is 1.16. The summed E-state index contributed by atoms with van der Waals surface area (Å²) in [6.45, 7) is 8.72. The molecule has 0 aliphatic carbocycles. The minimum Gasteiger partial charge on any atom is -0.396 e. The number of hydrogen-bond donors (Lipinski definition) is 1. The molecule has 0 aromatic carbocycles. The van der Waals surface area contributed by atoms with Crippen molar-refractivity contribution in [2.75, 3.05) is 19.8 Å².